The predicted octanol–water partition coefficient (Wildman–Crippen LogP) is 1.01. The van der Waals surface area contributed by atoms with E-state index in [2.05, 4.69) is 4.74 Å². The van der Waals surface area contributed by atoms with E-state index in [0.717, 1.165) is 7.11 Å². The summed E-state index contributed by atoms with van der Waals surface area (Å²) < 4.78 is 52.8. The molecule has 0 aromatic rings. The third-order valence-corrected chi connectivity index (χ3v) is 4.48. The summed E-state index contributed by atoms with van der Waals surface area (Å²) in [7, 11) is -2.34. The number of hydrogen-bond acceptors (Lipinski definition) is 4. The molecule has 1 atom stereocenters. The van der Waals surface area contributed by atoms with Gasteiger partial charge in [-0.15, -0.1) is 0 Å². The van der Waals surface area contributed by atoms with E-state index in [1.54, 1.807) is 0 Å². The molecule has 7 heteroatoms. The fourth-order valence-electron chi connectivity index (χ4n) is 1.87. The maximum atomic E-state index is 13.2. The first-order chi connectivity index (χ1) is 7.27. The fraction of sp³-hybridized carbons (Fsp3) is 0.889. The quantitative estimate of drug-likeness (QED) is 0.707. The van der Waals surface area contributed by atoms with Gasteiger partial charge in [0.1, 0.15) is 0 Å². The van der Waals surface area contributed by atoms with Crippen molar-refractivity contribution in [3.8, 4) is 0 Å². The maximum absolute atomic E-state index is 13.2. The van der Waals surface area contributed by atoms with Crippen LogP contribution in [0.3, 0.4) is 0 Å². The number of carbonyl (C=O) groups is 1. The van der Waals surface area contributed by atoms with Crippen molar-refractivity contribution >= 4 is 15.8 Å². The monoisotopic (exact) mass is 256 g/mol. The van der Waals surface area contributed by atoms with E-state index >= 15 is 0 Å². The van der Waals surface area contributed by atoms with Crippen LogP contribution in [0, 0.1) is 5.92 Å². The van der Waals surface area contributed by atoms with Crippen LogP contribution in [-0.2, 0) is 19.4 Å². The Hall–Kier alpha value is -0.720. The van der Waals surface area contributed by atoms with E-state index in [-0.39, 0.29) is 11.5 Å². The van der Waals surface area contributed by atoms with Gasteiger partial charge in [0.05, 0.1) is 18.6 Å². The van der Waals surface area contributed by atoms with Gasteiger partial charge < -0.3 is 4.74 Å². The molecule has 94 valence electrons. The van der Waals surface area contributed by atoms with Crippen LogP contribution in [-0.4, -0.2) is 38.9 Å². The highest BCUT2D eigenvalue weighted by molar-refractivity contribution is 7.91. The molecule has 1 aliphatic heterocycles. The van der Waals surface area contributed by atoms with Crippen LogP contribution in [0.4, 0.5) is 8.78 Å². The topological polar surface area (TPSA) is 60.4 Å². The van der Waals surface area contributed by atoms with Crippen molar-refractivity contribution in [2.45, 2.75) is 25.2 Å². The number of sulfone groups is 1. The summed E-state index contributed by atoms with van der Waals surface area (Å²) >= 11 is 0. The van der Waals surface area contributed by atoms with E-state index in [0.29, 0.717) is 12.8 Å². The van der Waals surface area contributed by atoms with Crippen LogP contribution in [0.2, 0.25) is 0 Å². The first kappa shape index (κ1) is 13.3. The molecule has 0 aromatic carbocycles. The molecule has 1 fully saturated rings. The maximum Gasteiger partial charge on any atom is 0.376 e. The Bertz CT molecular complexity index is 364. The molecule has 1 heterocycles. The molecule has 1 saturated heterocycles. The first-order valence-electron chi connectivity index (χ1n) is 4.93. The molecule has 0 bridgehead atoms. The Morgan fingerprint density at radius 1 is 1.50 bits per heavy atom. The number of halogens is 2. The Morgan fingerprint density at radius 3 is 2.62 bits per heavy atom. The minimum Gasteiger partial charge on any atom is -0.465 e. The smallest absolute Gasteiger partial charge is 0.376 e. The summed E-state index contributed by atoms with van der Waals surface area (Å²) in [5.41, 5.74) is 0. The normalized spacial score (nSPS) is 25.1. The molecule has 1 unspecified atom stereocenters. The van der Waals surface area contributed by atoms with Gasteiger partial charge in [-0.25, -0.2) is 13.2 Å². The highest BCUT2D eigenvalue weighted by Crippen LogP contribution is 2.30. The van der Waals surface area contributed by atoms with Crippen molar-refractivity contribution in [1.82, 2.24) is 0 Å². The second-order valence-electron chi connectivity index (χ2n) is 4.02. The second kappa shape index (κ2) is 4.65. The highest BCUT2D eigenvalue weighted by Gasteiger charge is 2.43. The number of rotatable bonds is 3. The molecule has 0 radical (unpaired) electrons. The number of esters is 1. The average molecular weight is 256 g/mol. The van der Waals surface area contributed by atoms with Crippen LogP contribution < -0.4 is 0 Å². The lowest BCUT2D eigenvalue weighted by Gasteiger charge is -2.24. The average Bonchev–Trinajstić information content (AvgIpc) is 2.14. The van der Waals surface area contributed by atoms with E-state index in [4.69, 9.17) is 0 Å². The largest absolute Gasteiger partial charge is 0.465 e. The van der Waals surface area contributed by atoms with Gasteiger partial charge in [0.2, 0.25) is 0 Å². The number of ether oxygens (including phenoxy) is 1. The van der Waals surface area contributed by atoms with Gasteiger partial charge in [-0.2, -0.15) is 8.78 Å². The van der Waals surface area contributed by atoms with Gasteiger partial charge in [-0.3, -0.25) is 0 Å². The van der Waals surface area contributed by atoms with Crippen LogP contribution >= 0.6 is 0 Å². The molecule has 0 N–H and O–H groups in total. The van der Waals surface area contributed by atoms with Crippen molar-refractivity contribution in [2.75, 3.05) is 18.6 Å². The second-order valence-corrected chi connectivity index (χ2v) is 6.25. The molecule has 0 spiro atoms. The van der Waals surface area contributed by atoms with Gasteiger partial charge in [-0.05, 0) is 18.8 Å². The van der Waals surface area contributed by atoms with E-state index < -0.39 is 34.1 Å². The zero-order chi connectivity index (χ0) is 12.4. The molecule has 16 heavy (non-hydrogen) atoms. The summed E-state index contributed by atoms with van der Waals surface area (Å²) in [6.07, 6.45) is 0.0367. The predicted molar refractivity (Wildman–Crippen MR) is 53.0 cm³/mol. The minimum atomic E-state index is -3.59. The van der Waals surface area contributed by atoms with Crippen LogP contribution in [0.15, 0.2) is 0 Å². The molecular weight excluding hydrogens is 242 g/mol. The van der Waals surface area contributed by atoms with Gasteiger partial charge in [0.15, 0.2) is 9.84 Å². The van der Waals surface area contributed by atoms with Crippen LogP contribution in [0.25, 0.3) is 0 Å². The highest BCUT2D eigenvalue weighted by atomic mass is 32.2. The number of methoxy groups -OCH3 is 1. The Balaban J connectivity index is 2.64. The van der Waals surface area contributed by atoms with E-state index in [1.807, 2.05) is 0 Å². The summed E-state index contributed by atoms with van der Waals surface area (Å²) in [5, 5.41) is 0. The van der Waals surface area contributed by atoms with Crippen LogP contribution in [0.5, 0.6) is 0 Å². The molecular formula is C9H14F2O4S. The zero-order valence-electron chi connectivity index (χ0n) is 8.91. The standard InChI is InChI=1S/C9H14F2O4S/c1-15-8(12)9(10,11)5-7-3-2-4-16(13,14)6-7/h7H,2-6H2,1H3. The zero-order valence-corrected chi connectivity index (χ0v) is 9.73. The molecule has 1 rings (SSSR count). The Morgan fingerprint density at radius 2 is 2.12 bits per heavy atom. The summed E-state index contributed by atoms with van der Waals surface area (Å²) in [6, 6.07) is 0. The molecule has 0 aromatic heterocycles. The number of alkyl halides is 2. The van der Waals surface area contributed by atoms with Gasteiger partial charge in [-0.1, -0.05) is 0 Å². The van der Waals surface area contributed by atoms with Crippen molar-refractivity contribution in [2.24, 2.45) is 5.92 Å². The first-order valence-corrected chi connectivity index (χ1v) is 6.75. The van der Waals surface area contributed by atoms with Gasteiger partial charge >= 0.3 is 11.9 Å². The third-order valence-electron chi connectivity index (χ3n) is 2.59. The van der Waals surface area contributed by atoms with Crippen molar-refractivity contribution in [3.63, 3.8) is 0 Å². The molecule has 1 aliphatic rings. The molecule has 0 aliphatic carbocycles. The van der Waals surface area contributed by atoms with Crippen molar-refractivity contribution in [1.29, 1.82) is 0 Å². The van der Waals surface area contributed by atoms with Gasteiger partial charge in [0.25, 0.3) is 0 Å². The van der Waals surface area contributed by atoms with E-state index in [1.165, 1.54) is 0 Å². The lowest BCUT2D eigenvalue weighted by Crippen LogP contribution is -2.36. The van der Waals surface area contributed by atoms with Gasteiger partial charge in [0, 0.05) is 6.42 Å². The number of hydrogen-bond donors (Lipinski definition) is 0. The lowest BCUT2D eigenvalue weighted by molar-refractivity contribution is -0.171. The lowest BCUT2D eigenvalue weighted by atomic mass is 9.97. The van der Waals surface area contributed by atoms with Crippen LogP contribution in [0.1, 0.15) is 19.3 Å². The summed E-state index contributed by atoms with van der Waals surface area (Å²) in [5.74, 6) is -6.07. The number of carbonyl (C=O) groups excluding carboxylic acids is 1. The van der Waals surface area contributed by atoms with E-state index in [9.17, 15) is 22.0 Å². The Labute approximate surface area is 92.9 Å². The minimum absolute atomic E-state index is 0.0489. The summed E-state index contributed by atoms with van der Waals surface area (Å²) in [6.45, 7) is 0. The third kappa shape index (κ3) is 3.40. The SMILES string of the molecule is COC(=O)C(F)(F)CC1CCCS(=O)(=O)C1. The van der Waals surface area contributed by atoms with Crippen molar-refractivity contribution in [3.05, 3.63) is 0 Å². The molecule has 4 nitrogen and oxygen atoms in total. The Kier molecular flexibility index (Phi) is 3.88. The summed E-state index contributed by atoms with van der Waals surface area (Å²) in [4.78, 5) is 10.7. The van der Waals surface area contributed by atoms with Crippen molar-refractivity contribution < 1.29 is 26.7 Å². The molecule has 0 amide bonds. The molecule has 0 saturated carbocycles. The fourth-order valence-corrected chi connectivity index (χ4v) is 3.65.